The number of phenols is 1. The lowest BCUT2D eigenvalue weighted by molar-refractivity contribution is 0.102. The van der Waals surface area contributed by atoms with Crippen molar-refractivity contribution in [3.63, 3.8) is 0 Å². The molecule has 1 amide bonds. The van der Waals surface area contributed by atoms with E-state index < -0.39 is 20.3 Å². The molecule has 0 aliphatic heterocycles. The molecule has 0 aliphatic rings. The number of benzene rings is 1. The van der Waals surface area contributed by atoms with Crippen LogP contribution in [0.15, 0.2) is 28.6 Å². The minimum Gasteiger partial charge on any atom is -0.507 e. The molecule has 4 N–H and O–H groups in total. The van der Waals surface area contributed by atoms with Crippen molar-refractivity contribution in [3.8, 4) is 5.75 Å². The molecule has 0 unspecified atom stereocenters. The highest BCUT2D eigenvalue weighted by atomic mass is 32.2. The predicted molar refractivity (Wildman–Crippen MR) is 67.3 cm³/mol. The van der Waals surface area contributed by atoms with Gasteiger partial charge in [-0.15, -0.1) is 10.2 Å². The van der Waals surface area contributed by atoms with Gasteiger partial charge in [-0.25, -0.2) is 13.6 Å². The average Bonchev–Trinajstić information content (AvgIpc) is 2.77. The van der Waals surface area contributed by atoms with Crippen LogP contribution in [-0.2, 0) is 10.0 Å². The zero-order valence-electron chi connectivity index (χ0n) is 9.27. The van der Waals surface area contributed by atoms with Crippen LogP contribution in [0.3, 0.4) is 0 Å². The summed E-state index contributed by atoms with van der Waals surface area (Å²) in [5.41, 5.74) is 0.0369. The molecule has 0 saturated carbocycles. The number of hydrogen-bond acceptors (Lipinski definition) is 7. The highest BCUT2D eigenvalue weighted by molar-refractivity contribution is 7.91. The van der Waals surface area contributed by atoms with Gasteiger partial charge in [0, 0.05) is 0 Å². The third-order valence-corrected chi connectivity index (χ3v) is 4.17. The first-order valence-electron chi connectivity index (χ1n) is 4.83. The van der Waals surface area contributed by atoms with Gasteiger partial charge in [-0.05, 0) is 12.1 Å². The third kappa shape index (κ3) is 3.05. The summed E-state index contributed by atoms with van der Waals surface area (Å²) in [6, 6.07) is 5.90. The molecule has 1 aromatic heterocycles. The van der Waals surface area contributed by atoms with Gasteiger partial charge in [0.2, 0.25) is 9.47 Å². The number of hydrogen-bond donors (Lipinski definition) is 3. The maximum absolute atomic E-state index is 11.8. The van der Waals surface area contributed by atoms with Crippen molar-refractivity contribution in [2.24, 2.45) is 5.14 Å². The first kappa shape index (κ1) is 13.4. The maximum Gasteiger partial charge on any atom is 0.267 e. The van der Waals surface area contributed by atoms with Gasteiger partial charge in [-0.3, -0.25) is 10.1 Å². The number of anilines is 1. The van der Waals surface area contributed by atoms with Crippen molar-refractivity contribution in [3.05, 3.63) is 29.8 Å². The Kier molecular flexibility index (Phi) is 3.46. The van der Waals surface area contributed by atoms with E-state index in [1.54, 1.807) is 12.1 Å². The molecule has 100 valence electrons. The zero-order valence-corrected chi connectivity index (χ0v) is 10.9. The molecule has 10 heteroatoms. The van der Waals surface area contributed by atoms with Crippen LogP contribution >= 0.6 is 11.3 Å². The van der Waals surface area contributed by atoms with Crippen molar-refractivity contribution in [1.29, 1.82) is 0 Å². The standard InChI is InChI=1S/C9H8N4O4S2/c10-19(16,17)9-13-12-8(18-9)11-7(15)5-3-1-2-4-6(5)14/h1-4,14H,(H2,10,16,17)(H,11,12,15). The average molecular weight is 300 g/mol. The molecule has 1 aromatic carbocycles. The highest BCUT2D eigenvalue weighted by Crippen LogP contribution is 2.21. The molecule has 0 aliphatic carbocycles. The van der Waals surface area contributed by atoms with E-state index in [1.807, 2.05) is 0 Å². The van der Waals surface area contributed by atoms with Crippen molar-refractivity contribution < 1.29 is 18.3 Å². The number of aromatic hydroxyl groups is 1. The van der Waals surface area contributed by atoms with Crippen LogP contribution in [0.4, 0.5) is 5.13 Å². The van der Waals surface area contributed by atoms with Gasteiger partial charge in [0.1, 0.15) is 5.75 Å². The Labute approximate surface area is 112 Å². The Hall–Kier alpha value is -2.04. The summed E-state index contributed by atoms with van der Waals surface area (Å²) in [5, 5.41) is 23.4. The van der Waals surface area contributed by atoms with Crippen LogP contribution in [0, 0.1) is 0 Å². The first-order valence-corrected chi connectivity index (χ1v) is 7.20. The number of sulfonamides is 1. The lowest BCUT2D eigenvalue weighted by Gasteiger charge is -2.02. The molecule has 1 heterocycles. The second kappa shape index (κ2) is 4.91. The van der Waals surface area contributed by atoms with Crippen molar-refractivity contribution in [2.45, 2.75) is 4.34 Å². The number of nitrogens with one attached hydrogen (secondary N) is 1. The van der Waals surface area contributed by atoms with E-state index in [0.29, 0.717) is 11.3 Å². The second-order valence-electron chi connectivity index (χ2n) is 3.39. The third-order valence-electron chi connectivity index (χ3n) is 2.02. The minimum absolute atomic E-state index is 0.0303. The topological polar surface area (TPSA) is 135 Å². The lowest BCUT2D eigenvalue weighted by atomic mass is 10.2. The van der Waals surface area contributed by atoms with Gasteiger partial charge in [0.25, 0.3) is 15.9 Å². The van der Waals surface area contributed by atoms with Crippen LogP contribution in [0.5, 0.6) is 5.75 Å². The number of nitrogens with two attached hydrogens (primary N) is 1. The Morgan fingerprint density at radius 1 is 1.32 bits per heavy atom. The van der Waals surface area contributed by atoms with Gasteiger partial charge in [0.15, 0.2) is 0 Å². The summed E-state index contributed by atoms with van der Waals surface area (Å²) in [6.07, 6.45) is 0. The monoisotopic (exact) mass is 300 g/mol. The van der Waals surface area contributed by atoms with E-state index >= 15 is 0 Å². The Morgan fingerprint density at radius 3 is 2.58 bits per heavy atom. The quantitative estimate of drug-likeness (QED) is 0.690. The van der Waals surface area contributed by atoms with E-state index in [2.05, 4.69) is 15.5 Å². The summed E-state index contributed by atoms with van der Waals surface area (Å²) >= 11 is 0.620. The van der Waals surface area contributed by atoms with Crippen LogP contribution < -0.4 is 10.5 Å². The Balaban J connectivity index is 2.21. The normalized spacial score (nSPS) is 11.2. The first-order chi connectivity index (χ1) is 8.88. The molecular formula is C9H8N4O4S2. The molecule has 0 bridgehead atoms. The second-order valence-corrected chi connectivity index (χ2v) is 6.10. The number of primary sulfonamides is 1. The number of phenolic OH excluding ortho intramolecular Hbond substituents is 1. The van der Waals surface area contributed by atoms with Gasteiger partial charge >= 0.3 is 0 Å². The van der Waals surface area contributed by atoms with Crippen LogP contribution in [0.25, 0.3) is 0 Å². The molecule has 8 nitrogen and oxygen atoms in total. The lowest BCUT2D eigenvalue weighted by Crippen LogP contribution is -2.11. The van der Waals surface area contributed by atoms with E-state index in [-0.39, 0.29) is 16.4 Å². The van der Waals surface area contributed by atoms with E-state index in [0.717, 1.165) is 0 Å². The Morgan fingerprint density at radius 2 is 2.00 bits per heavy atom. The fourth-order valence-corrected chi connectivity index (χ4v) is 2.53. The molecule has 0 spiro atoms. The summed E-state index contributed by atoms with van der Waals surface area (Å²) in [7, 11) is -3.95. The zero-order chi connectivity index (χ0) is 14.0. The molecule has 0 radical (unpaired) electrons. The van der Waals surface area contributed by atoms with Crippen LogP contribution in [0.2, 0.25) is 0 Å². The highest BCUT2D eigenvalue weighted by Gasteiger charge is 2.17. The summed E-state index contributed by atoms with van der Waals surface area (Å²) in [5.74, 6) is -0.827. The molecule has 2 aromatic rings. The van der Waals surface area contributed by atoms with Crippen molar-refractivity contribution in [1.82, 2.24) is 10.2 Å². The van der Waals surface area contributed by atoms with Gasteiger partial charge in [-0.1, -0.05) is 23.5 Å². The fraction of sp³-hybridized carbons (Fsp3) is 0. The molecule has 2 rings (SSSR count). The van der Waals surface area contributed by atoms with Crippen LogP contribution in [-0.4, -0.2) is 29.6 Å². The molecule has 0 atom stereocenters. The van der Waals surface area contributed by atoms with Crippen molar-refractivity contribution in [2.75, 3.05) is 5.32 Å². The van der Waals surface area contributed by atoms with Gasteiger partial charge in [-0.2, -0.15) is 0 Å². The predicted octanol–water partition coefficient (Wildman–Crippen LogP) is 0.143. The summed E-state index contributed by atoms with van der Waals surface area (Å²) in [6.45, 7) is 0. The number of rotatable bonds is 3. The number of carbonyl (C=O) groups is 1. The number of nitrogens with zero attached hydrogens (tertiary/aromatic N) is 2. The molecular weight excluding hydrogens is 292 g/mol. The number of carbonyl (C=O) groups excluding carboxylic acids is 1. The minimum atomic E-state index is -3.95. The fourth-order valence-electron chi connectivity index (χ4n) is 1.21. The molecule has 0 fully saturated rings. The smallest absolute Gasteiger partial charge is 0.267 e. The van der Waals surface area contributed by atoms with E-state index in [1.165, 1.54) is 12.1 Å². The summed E-state index contributed by atoms with van der Waals surface area (Å²) in [4.78, 5) is 11.8. The van der Waals surface area contributed by atoms with E-state index in [9.17, 15) is 18.3 Å². The number of amides is 1. The van der Waals surface area contributed by atoms with Gasteiger partial charge in [0.05, 0.1) is 5.56 Å². The largest absolute Gasteiger partial charge is 0.507 e. The number of para-hydroxylation sites is 1. The SMILES string of the molecule is NS(=O)(=O)c1nnc(NC(=O)c2ccccc2O)s1. The van der Waals surface area contributed by atoms with Crippen molar-refractivity contribution >= 4 is 32.4 Å². The summed E-state index contributed by atoms with van der Waals surface area (Å²) < 4.78 is 21.6. The molecule has 0 saturated heterocycles. The van der Waals surface area contributed by atoms with E-state index in [4.69, 9.17) is 5.14 Å². The Bertz CT molecular complexity index is 725. The maximum atomic E-state index is 11.8. The van der Waals surface area contributed by atoms with Gasteiger partial charge < -0.3 is 5.11 Å². The van der Waals surface area contributed by atoms with Crippen LogP contribution in [0.1, 0.15) is 10.4 Å². The molecule has 19 heavy (non-hydrogen) atoms. The number of aromatic nitrogens is 2.